The van der Waals surface area contributed by atoms with E-state index in [2.05, 4.69) is 105 Å². The van der Waals surface area contributed by atoms with Crippen LogP contribution in [0.4, 0.5) is 18.0 Å². The van der Waals surface area contributed by atoms with Crippen molar-refractivity contribution in [2.45, 2.75) is 89.4 Å². The third kappa shape index (κ3) is 11.7. The van der Waals surface area contributed by atoms with Crippen LogP contribution in [-0.2, 0) is 31.0 Å². The summed E-state index contributed by atoms with van der Waals surface area (Å²) in [5.41, 5.74) is 7.31. The highest BCUT2D eigenvalue weighted by molar-refractivity contribution is 5.75. The Labute approximate surface area is 320 Å². The molecule has 0 spiro atoms. The minimum atomic E-state index is -5.08. The summed E-state index contributed by atoms with van der Waals surface area (Å²) in [6.45, 7) is 5.44. The monoisotopic (exact) mass is 758 g/mol. The molecule has 0 radical (unpaired) electrons. The minimum absolute atomic E-state index is 0.105. The number of fused-ring (bicyclic) bond motifs is 1. The van der Waals surface area contributed by atoms with E-state index in [4.69, 9.17) is 19.4 Å². The summed E-state index contributed by atoms with van der Waals surface area (Å²) < 4.78 is 42.7. The third-order valence-electron chi connectivity index (χ3n) is 10.3. The molecule has 1 saturated carbocycles. The van der Waals surface area contributed by atoms with E-state index in [1.165, 1.54) is 52.6 Å². The quantitative estimate of drug-likeness (QED) is 0.141. The van der Waals surface area contributed by atoms with Crippen LogP contribution in [0.5, 0.6) is 11.5 Å². The highest BCUT2D eigenvalue weighted by Crippen LogP contribution is 2.32. The summed E-state index contributed by atoms with van der Waals surface area (Å²) in [4.78, 5) is 27.4. The minimum Gasteiger partial charge on any atom is -0.475 e. The second-order valence-electron chi connectivity index (χ2n) is 14.4. The van der Waals surface area contributed by atoms with Gasteiger partial charge in [0.2, 0.25) is 6.79 Å². The number of hydrogen-bond acceptors (Lipinski definition) is 6. The van der Waals surface area contributed by atoms with E-state index in [1.54, 1.807) is 0 Å². The second-order valence-corrected chi connectivity index (χ2v) is 14.4. The first-order chi connectivity index (χ1) is 26.6. The Balaban J connectivity index is 0.000000672. The summed E-state index contributed by atoms with van der Waals surface area (Å²) in [7, 11) is 0. The van der Waals surface area contributed by atoms with Crippen LogP contribution < -0.4 is 20.1 Å². The highest BCUT2D eigenvalue weighted by Gasteiger charge is 2.38. The fraction of sp³-hybridized carbons (Fsp3) is 0.395. The number of benzene rings is 4. The van der Waals surface area contributed by atoms with Crippen LogP contribution >= 0.6 is 0 Å². The van der Waals surface area contributed by atoms with Gasteiger partial charge in [0.05, 0.1) is 0 Å². The molecule has 3 N–H and O–H groups in total. The molecular formula is C43H49F3N4O5. The Morgan fingerprint density at radius 2 is 1.36 bits per heavy atom. The lowest BCUT2D eigenvalue weighted by molar-refractivity contribution is -0.192. The Kier molecular flexibility index (Phi) is 13.7. The van der Waals surface area contributed by atoms with Crippen molar-refractivity contribution in [3.63, 3.8) is 0 Å². The number of rotatable bonds is 11. The number of hydrogen-bond donors (Lipinski definition) is 3. The first kappa shape index (κ1) is 39.6. The highest BCUT2D eigenvalue weighted by atomic mass is 19.4. The van der Waals surface area contributed by atoms with Gasteiger partial charge in [0.25, 0.3) is 0 Å². The Hall–Kier alpha value is -5.07. The van der Waals surface area contributed by atoms with Crippen molar-refractivity contribution in [1.82, 2.24) is 20.4 Å². The van der Waals surface area contributed by atoms with Crippen molar-refractivity contribution < 1.29 is 37.3 Å². The smallest absolute Gasteiger partial charge is 0.475 e. The van der Waals surface area contributed by atoms with Gasteiger partial charge in [-0.05, 0) is 77.3 Å². The number of alkyl halides is 3. The fourth-order valence-electron chi connectivity index (χ4n) is 7.36. The summed E-state index contributed by atoms with van der Waals surface area (Å²) in [5.74, 6) is -1.13. The molecule has 2 aliphatic heterocycles. The molecule has 0 unspecified atom stereocenters. The zero-order valence-electron chi connectivity index (χ0n) is 30.9. The lowest BCUT2D eigenvalue weighted by Crippen LogP contribution is -2.52. The van der Waals surface area contributed by atoms with Crippen LogP contribution in [0, 0.1) is 0 Å². The number of piperidine rings is 1. The topological polar surface area (TPSA) is 103 Å². The lowest BCUT2D eigenvalue weighted by atomic mass is 9.95. The van der Waals surface area contributed by atoms with Crippen LogP contribution in [0.1, 0.15) is 67.2 Å². The van der Waals surface area contributed by atoms with Crippen molar-refractivity contribution in [3.05, 3.63) is 119 Å². The van der Waals surface area contributed by atoms with Crippen LogP contribution in [0.3, 0.4) is 0 Å². The molecule has 2 heterocycles. The van der Waals surface area contributed by atoms with Gasteiger partial charge < -0.3 is 30.1 Å². The molecule has 7 rings (SSSR count). The number of carboxylic acids is 1. The molecule has 0 bridgehead atoms. The number of nitrogens with one attached hydrogen (secondary N) is 2. The van der Waals surface area contributed by atoms with Gasteiger partial charge in [0.15, 0.2) is 11.5 Å². The number of urea groups is 1. The van der Waals surface area contributed by atoms with Crippen LogP contribution in [0.2, 0.25) is 0 Å². The van der Waals surface area contributed by atoms with Crippen molar-refractivity contribution in [3.8, 4) is 22.6 Å². The van der Waals surface area contributed by atoms with E-state index in [1.807, 2.05) is 12.1 Å². The Morgan fingerprint density at radius 1 is 0.727 bits per heavy atom. The van der Waals surface area contributed by atoms with Gasteiger partial charge in [0.1, 0.15) is 0 Å². The molecule has 2 amide bonds. The van der Waals surface area contributed by atoms with Gasteiger partial charge in [-0.15, -0.1) is 0 Å². The molecule has 0 atom stereocenters. The summed E-state index contributed by atoms with van der Waals surface area (Å²) >= 11 is 0. The molecule has 1 saturated heterocycles. The van der Waals surface area contributed by atoms with Crippen molar-refractivity contribution in [2.24, 2.45) is 0 Å². The lowest BCUT2D eigenvalue weighted by Gasteiger charge is -2.39. The van der Waals surface area contributed by atoms with E-state index < -0.39 is 12.1 Å². The fourth-order valence-corrected chi connectivity index (χ4v) is 7.36. The van der Waals surface area contributed by atoms with Gasteiger partial charge in [-0.2, -0.15) is 13.2 Å². The van der Waals surface area contributed by atoms with Crippen molar-refractivity contribution >= 4 is 12.0 Å². The van der Waals surface area contributed by atoms with Crippen LogP contribution in [0.15, 0.2) is 97.1 Å². The molecule has 12 heteroatoms. The maximum atomic E-state index is 13.8. The SMILES string of the molecule is O=C(NC1CCCCC1)N(Cc1ccc(-c2cccc(CNCc3ccc4c(c3)OCO4)c2)cc1)C1CCN(Cc2ccccc2)CC1.O=C(O)C(F)(F)F. The molecule has 0 aromatic heterocycles. The number of carbonyl (C=O) groups excluding carboxylic acids is 1. The Bertz CT molecular complexity index is 1840. The van der Waals surface area contributed by atoms with Gasteiger partial charge in [-0.3, -0.25) is 4.90 Å². The maximum absolute atomic E-state index is 13.8. The molecule has 292 valence electrons. The molecule has 2 fully saturated rings. The van der Waals surface area contributed by atoms with Crippen LogP contribution in [0.25, 0.3) is 11.1 Å². The van der Waals surface area contributed by atoms with Crippen molar-refractivity contribution in [1.29, 1.82) is 0 Å². The van der Waals surface area contributed by atoms with E-state index in [9.17, 15) is 18.0 Å². The number of aliphatic carboxylic acids is 1. The normalized spacial score (nSPS) is 16.2. The average Bonchev–Trinajstić information content (AvgIpc) is 3.67. The molecule has 3 aliphatic rings. The van der Waals surface area contributed by atoms with E-state index in [0.717, 1.165) is 69.9 Å². The molecule has 1 aliphatic carbocycles. The van der Waals surface area contributed by atoms with Crippen molar-refractivity contribution in [2.75, 3.05) is 19.9 Å². The van der Waals surface area contributed by atoms with Gasteiger partial charge >= 0.3 is 18.2 Å². The predicted octanol–water partition coefficient (Wildman–Crippen LogP) is 8.51. The number of ether oxygens (including phenoxy) is 2. The van der Waals surface area contributed by atoms with Gasteiger partial charge in [-0.25, -0.2) is 9.59 Å². The average molecular weight is 759 g/mol. The largest absolute Gasteiger partial charge is 0.490 e. The number of carbonyl (C=O) groups is 2. The zero-order valence-corrected chi connectivity index (χ0v) is 30.9. The van der Waals surface area contributed by atoms with E-state index in [0.29, 0.717) is 19.4 Å². The van der Waals surface area contributed by atoms with E-state index >= 15 is 0 Å². The predicted molar refractivity (Wildman–Crippen MR) is 204 cm³/mol. The van der Waals surface area contributed by atoms with Crippen LogP contribution in [-0.4, -0.2) is 65.0 Å². The summed E-state index contributed by atoms with van der Waals surface area (Å²) in [6.07, 6.45) is 2.80. The number of carboxylic acid groups (broad SMARTS) is 1. The molecule has 4 aromatic carbocycles. The second kappa shape index (κ2) is 19.0. The first-order valence-electron chi connectivity index (χ1n) is 19.0. The number of nitrogens with zero attached hydrogens (tertiary/aromatic N) is 2. The zero-order chi connectivity index (χ0) is 38.6. The molecule has 55 heavy (non-hydrogen) atoms. The first-order valence-corrected chi connectivity index (χ1v) is 19.0. The number of halogens is 3. The number of amides is 2. The van der Waals surface area contributed by atoms with Gasteiger partial charge in [0, 0.05) is 51.4 Å². The summed E-state index contributed by atoms with van der Waals surface area (Å²) in [5, 5.41) is 14.1. The summed E-state index contributed by atoms with van der Waals surface area (Å²) in [6, 6.07) is 35.0. The molecular weight excluding hydrogens is 709 g/mol. The third-order valence-corrected chi connectivity index (χ3v) is 10.3. The van der Waals surface area contributed by atoms with Gasteiger partial charge in [-0.1, -0.05) is 98.1 Å². The van der Waals surface area contributed by atoms with E-state index in [-0.39, 0.29) is 12.1 Å². The standard InChI is InChI=1S/C41H48N4O3.C2HF3O2/c46-41(43-37-12-5-2-6-13-37)45(38-20-22-44(23-21-38)28-31-8-3-1-4-9-31)29-32-14-17-35(18-15-32)36-11-7-10-33(24-36)26-42-27-34-16-19-39-40(25-34)48-30-47-39;3-2(4,5)1(6)7/h1,3-4,7-11,14-19,24-25,37-38,42H,2,5-6,12-13,20-23,26-30H2,(H,43,46);(H,6,7). The maximum Gasteiger partial charge on any atom is 0.490 e. The Morgan fingerprint density at radius 3 is 2.05 bits per heavy atom. The molecule has 9 nitrogen and oxygen atoms in total. The molecule has 4 aromatic rings. The number of likely N-dealkylation sites (tertiary alicyclic amines) is 1.